The number of carbonyl (C=O) groups is 1. The number of nitrogens with zero attached hydrogens (tertiary/aromatic N) is 2. The van der Waals surface area contributed by atoms with Gasteiger partial charge in [0, 0.05) is 11.1 Å². The van der Waals surface area contributed by atoms with Crippen molar-refractivity contribution in [2.75, 3.05) is 0 Å². The molecule has 2 aromatic carbocycles. The summed E-state index contributed by atoms with van der Waals surface area (Å²) in [6.45, 7) is 0.413. The number of nitrogens with one attached hydrogen (secondary N) is 1. The number of fused-ring (bicyclic) bond motifs is 1. The van der Waals surface area contributed by atoms with Gasteiger partial charge in [0.25, 0.3) is 0 Å². The van der Waals surface area contributed by atoms with E-state index in [0.29, 0.717) is 27.7 Å². The van der Waals surface area contributed by atoms with E-state index in [1.807, 2.05) is 28.8 Å². The average molecular weight is 390 g/mol. The molecule has 5 nitrogen and oxygen atoms in total. The molecule has 1 aromatic heterocycles. The lowest BCUT2D eigenvalue weighted by atomic mass is 10.3. The molecule has 1 heterocycles. The fourth-order valence-corrected chi connectivity index (χ4v) is 3.25. The van der Waals surface area contributed by atoms with Crippen molar-refractivity contribution in [2.24, 2.45) is 0 Å². The number of halogens is 2. The largest absolute Gasteiger partial charge is 0.484 e. The zero-order chi connectivity index (χ0) is 18.1. The first-order valence-electron chi connectivity index (χ1n) is 8.41. The minimum atomic E-state index is -0.0126. The van der Waals surface area contributed by atoms with E-state index >= 15 is 0 Å². The normalized spacial score (nSPS) is 13.8. The fraction of sp³-hybridized carbons (Fsp3) is 0.263. The van der Waals surface area contributed by atoms with Crippen molar-refractivity contribution < 1.29 is 9.53 Å². The molecule has 3 aromatic rings. The van der Waals surface area contributed by atoms with Crippen molar-refractivity contribution in [3.8, 4) is 5.75 Å². The molecule has 1 aliphatic rings. The highest BCUT2D eigenvalue weighted by molar-refractivity contribution is 6.35. The molecular weight excluding hydrogens is 373 g/mol. The number of ether oxygens (including phenoxy) is 1. The van der Waals surface area contributed by atoms with Crippen LogP contribution in [-0.4, -0.2) is 21.5 Å². The van der Waals surface area contributed by atoms with Crippen LogP contribution in [0, 0.1) is 0 Å². The first kappa shape index (κ1) is 17.2. The van der Waals surface area contributed by atoms with Gasteiger partial charge in [-0.1, -0.05) is 35.3 Å². The quantitative estimate of drug-likeness (QED) is 0.687. The molecule has 1 saturated carbocycles. The molecule has 1 fully saturated rings. The van der Waals surface area contributed by atoms with E-state index in [1.54, 1.807) is 18.2 Å². The molecule has 7 heteroatoms. The van der Waals surface area contributed by atoms with Crippen LogP contribution in [0.3, 0.4) is 0 Å². The lowest BCUT2D eigenvalue weighted by Crippen LogP contribution is -2.30. The maximum absolute atomic E-state index is 12.3. The Balaban J connectivity index is 1.58. The van der Waals surface area contributed by atoms with Gasteiger partial charge in [-0.05, 0) is 43.2 Å². The van der Waals surface area contributed by atoms with Crippen LogP contribution in [0.15, 0.2) is 42.5 Å². The maximum atomic E-state index is 12.3. The van der Waals surface area contributed by atoms with Gasteiger partial charge in [-0.25, -0.2) is 4.98 Å². The molecule has 0 saturated heterocycles. The van der Waals surface area contributed by atoms with Gasteiger partial charge in [-0.3, -0.25) is 4.79 Å². The summed E-state index contributed by atoms with van der Waals surface area (Å²) in [6.07, 6.45) is 2.11. The van der Waals surface area contributed by atoms with Gasteiger partial charge in [-0.2, -0.15) is 0 Å². The highest BCUT2D eigenvalue weighted by Gasteiger charge is 2.24. The maximum Gasteiger partial charge on any atom is 0.240 e. The predicted octanol–water partition coefficient (Wildman–Crippen LogP) is 4.20. The van der Waals surface area contributed by atoms with Crippen LogP contribution in [0.25, 0.3) is 11.0 Å². The highest BCUT2D eigenvalue weighted by Crippen LogP contribution is 2.28. The molecular formula is C19H17Cl2N3O2. The number of hydrogen-bond donors (Lipinski definition) is 1. The van der Waals surface area contributed by atoms with E-state index in [4.69, 9.17) is 27.9 Å². The van der Waals surface area contributed by atoms with Crippen molar-refractivity contribution in [2.45, 2.75) is 32.0 Å². The average Bonchev–Trinajstić information content (AvgIpc) is 3.36. The van der Waals surface area contributed by atoms with Gasteiger partial charge < -0.3 is 14.6 Å². The third-order valence-corrected chi connectivity index (χ3v) is 4.76. The van der Waals surface area contributed by atoms with Gasteiger partial charge >= 0.3 is 0 Å². The number of hydrogen-bond acceptors (Lipinski definition) is 3. The Morgan fingerprint density at radius 3 is 2.81 bits per heavy atom. The molecule has 134 valence electrons. The fourth-order valence-electron chi connectivity index (χ4n) is 2.79. The SMILES string of the molecule is O=C(Cn1c(COc2ccc(Cl)cc2Cl)nc2ccccc21)NC1CC1. The van der Waals surface area contributed by atoms with Crippen LogP contribution in [-0.2, 0) is 17.9 Å². The van der Waals surface area contributed by atoms with E-state index in [9.17, 15) is 4.79 Å². The Bertz CT molecular complexity index is 967. The number of rotatable bonds is 6. The summed E-state index contributed by atoms with van der Waals surface area (Å²) in [4.78, 5) is 16.9. The summed E-state index contributed by atoms with van der Waals surface area (Å²) in [7, 11) is 0. The molecule has 1 N–H and O–H groups in total. The minimum Gasteiger partial charge on any atom is -0.484 e. The second-order valence-corrected chi connectivity index (χ2v) is 7.15. The lowest BCUT2D eigenvalue weighted by Gasteiger charge is -2.11. The number of para-hydroxylation sites is 2. The van der Waals surface area contributed by atoms with Crippen molar-refractivity contribution in [1.29, 1.82) is 0 Å². The second kappa shape index (κ2) is 7.17. The first-order chi connectivity index (χ1) is 12.6. The topological polar surface area (TPSA) is 56.2 Å². The third kappa shape index (κ3) is 3.79. The van der Waals surface area contributed by atoms with Crippen molar-refractivity contribution in [3.05, 3.63) is 58.3 Å². The highest BCUT2D eigenvalue weighted by atomic mass is 35.5. The molecule has 0 bridgehead atoms. The summed E-state index contributed by atoms with van der Waals surface area (Å²) in [5, 5.41) is 3.99. The molecule has 4 rings (SSSR count). The van der Waals surface area contributed by atoms with Crippen LogP contribution in [0.4, 0.5) is 0 Å². The zero-order valence-corrected chi connectivity index (χ0v) is 15.4. The van der Waals surface area contributed by atoms with Crippen molar-refractivity contribution in [3.63, 3.8) is 0 Å². The van der Waals surface area contributed by atoms with Crippen LogP contribution in [0.2, 0.25) is 10.0 Å². The molecule has 1 aliphatic carbocycles. The number of amides is 1. The lowest BCUT2D eigenvalue weighted by molar-refractivity contribution is -0.121. The number of carbonyl (C=O) groups excluding carboxylic acids is 1. The third-order valence-electron chi connectivity index (χ3n) is 4.23. The zero-order valence-electron chi connectivity index (χ0n) is 13.9. The van der Waals surface area contributed by atoms with Gasteiger partial charge in [0.05, 0.1) is 16.1 Å². The standard InChI is InChI=1S/C19H17Cl2N3O2/c20-12-5-8-17(14(21)9-12)26-11-18-23-15-3-1-2-4-16(15)24(18)10-19(25)22-13-6-7-13/h1-5,8-9,13H,6-7,10-11H2,(H,22,25). The van der Waals surface area contributed by atoms with E-state index in [1.165, 1.54) is 0 Å². The minimum absolute atomic E-state index is 0.0126. The Kier molecular flexibility index (Phi) is 4.74. The molecule has 26 heavy (non-hydrogen) atoms. The van der Waals surface area contributed by atoms with Crippen LogP contribution < -0.4 is 10.1 Å². The van der Waals surface area contributed by atoms with E-state index in [2.05, 4.69) is 10.3 Å². The Hall–Kier alpha value is -2.24. The molecule has 0 radical (unpaired) electrons. The Labute approximate surface area is 160 Å². The molecule has 0 unspecified atom stereocenters. The number of aromatic nitrogens is 2. The molecule has 0 spiro atoms. The monoisotopic (exact) mass is 389 g/mol. The molecule has 0 atom stereocenters. The van der Waals surface area contributed by atoms with E-state index in [-0.39, 0.29) is 19.1 Å². The Morgan fingerprint density at radius 2 is 2.04 bits per heavy atom. The van der Waals surface area contributed by atoms with Gasteiger partial charge in [0.1, 0.15) is 24.7 Å². The van der Waals surface area contributed by atoms with E-state index < -0.39 is 0 Å². The van der Waals surface area contributed by atoms with Crippen molar-refractivity contribution >= 4 is 40.1 Å². The van der Waals surface area contributed by atoms with Crippen LogP contribution in [0.1, 0.15) is 18.7 Å². The Morgan fingerprint density at radius 1 is 1.23 bits per heavy atom. The summed E-state index contributed by atoms with van der Waals surface area (Å²) >= 11 is 12.1. The summed E-state index contributed by atoms with van der Waals surface area (Å²) in [6, 6.07) is 13.1. The predicted molar refractivity (Wildman–Crippen MR) is 102 cm³/mol. The number of imidazole rings is 1. The smallest absolute Gasteiger partial charge is 0.240 e. The molecule has 0 aliphatic heterocycles. The molecule has 1 amide bonds. The van der Waals surface area contributed by atoms with Gasteiger partial charge in [0.2, 0.25) is 5.91 Å². The van der Waals surface area contributed by atoms with E-state index in [0.717, 1.165) is 23.9 Å². The second-order valence-electron chi connectivity index (χ2n) is 6.31. The number of benzene rings is 2. The summed E-state index contributed by atoms with van der Waals surface area (Å²) in [5.74, 6) is 1.18. The van der Waals surface area contributed by atoms with Gasteiger partial charge in [0.15, 0.2) is 0 Å². The first-order valence-corrected chi connectivity index (χ1v) is 9.17. The van der Waals surface area contributed by atoms with Gasteiger partial charge in [-0.15, -0.1) is 0 Å². The van der Waals surface area contributed by atoms with Crippen molar-refractivity contribution in [1.82, 2.24) is 14.9 Å². The summed E-state index contributed by atoms with van der Waals surface area (Å²) in [5.41, 5.74) is 1.73. The summed E-state index contributed by atoms with van der Waals surface area (Å²) < 4.78 is 7.70. The van der Waals surface area contributed by atoms with Crippen LogP contribution in [0.5, 0.6) is 5.75 Å². The van der Waals surface area contributed by atoms with Crippen LogP contribution >= 0.6 is 23.2 Å².